The van der Waals surface area contributed by atoms with E-state index in [0.717, 1.165) is 32.8 Å². The van der Waals surface area contributed by atoms with E-state index in [-0.39, 0.29) is 18.0 Å². The van der Waals surface area contributed by atoms with Crippen LogP contribution < -0.4 is 10.9 Å². The summed E-state index contributed by atoms with van der Waals surface area (Å²) in [5.74, 6) is -0.244. The topological polar surface area (TPSA) is 64.0 Å². The quantitative estimate of drug-likeness (QED) is 0.529. The zero-order valence-electron chi connectivity index (χ0n) is 15.8. The van der Waals surface area contributed by atoms with E-state index in [4.69, 9.17) is 0 Å². The van der Waals surface area contributed by atoms with Gasteiger partial charge >= 0.3 is 0 Å². The number of fused-ring (bicyclic) bond motifs is 1. The van der Waals surface area contributed by atoms with Crippen LogP contribution in [0.3, 0.4) is 0 Å². The van der Waals surface area contributed by atoms with Gasteiger partial charge in [0.15, 0.2) is 0 Å². The molecule has 5 nitrogen and oxygen atoms in total. The molecule has 1 amide bonds. The highest BCUT2D eigenvalue weighted by atomic mass is 32.1. The summed E-state index contributed by atoms with van der Waals surface area (Å²) < 4.78 is 1.38. The minimum Gasteiger partial charge on any atom is -0.324 e. The third-order valence-corrected chi connectivity index (χ3v) is 6.39. The highest BCUT2D eigenvalue weighted by Crippen LogP contribution is 2.33. The lowest BCUT2D eigenvalue weighted by atomic mass is 10.1. The van der Waals surface area contributed by atoms with Crippen molar-refractivity contribution in [2.75, 3.05) is 5.32 Å². The Morgan fingerprint density at radius 2 is 1.93 bits per heavy atom. The summed E-state index contributed by atoms with van der Waals surface area (Å²) in [6.07, 6.45) is 1.45. The summed E-state index contributed by atoms with van der Waals surface area (Å²) in [6, 6.07) is 8.00. The lowest BCUT2D eigenvalue weighted by Gasteiger charge is -2.13. The van der Waals surface area contributed by atoms with Crippen molar-refractivity contribution >= 4 is 44.5 Å². The molecule has 1 aromatic carbocycles. The number of carbonyl (C=O) groups excluding carboxylic acids is 1. The number of carbonyl (C=O) groups is 1. The fraction of sp³-hybridized carbons (Fsp3) is 0.190. The zero-order valence-corrected chi connectivity index (χ0v) is 17.4. The molecular weight excluding hydrogens is 390 g/mol. The Hall–Kier alpha value is -2.77. The zero-order chi connectivity index (χ0) is 19.8. The molecule has 4 aromatic rings. The van der Waals surface area contributed by atoms with Crippen molar-refractivity contribution in [3.05, 3.63) is 68.4 Å². The van der Waals surface area contributed by atoms with E-state index in [1.165, 1.54) is 22.2 Å². The first kappa shape index (κ1) is 18.6. The van der Waals surface area contributed by atoms with Crippen LogP contribution in [0.2, 0.25) is 0 Å². The number of aromatic nitrogens is 2. The van der Waals surface area contributed by atoms with E-state index < -0.39 is 0 Å². The monoisotopic (exact) mass is 409 g/mol. The predicted octanol–water partition coefficient (Wildman–Crippen LogP) is 4.75. The summed E-state index contributed by atoms with van der Waals surface area (Å²) in [5, 5.41) is 7.45. The molecule has 28 heavy (non-hydrogen) atoms. The Balaban J connectivity index is 1.65. The molecule has 1 N–H and O–H groups in total. The average Bonchev–Trinajstić information content (AvgIpc) is 3.29. The van der Waals surface area contributed by atoms with E-state index in [9.17, 15) is 9.59 Å². The van der Waals surface area contributed by atoms with Gasteiger partial charge in [-0.1, -0.05) is 23.8 Å². The van der Waals surface area contributed by atoms with Crippen molar-refractivity contribution < 1.29 is 4.79 Å². The van der Waals surface area contributed by atoms with Gasteiger partial charge in [0.25, 0.3) is 5.56 Å². The average molecular weight is 410 g/mol. The van der Waals surface area contributed by atoms with Gasteiger partial charge in [-0.05, 0) is 43.3 Å². The van der Waals surface area contributed by atoms with Crippen LogP contribution in [0.4, 0.5) is 5.69 Å². The first-order valence-corrected chi connectivity index (χ1v) is 10.6. The highest BCUT2D eigenvalue weighted by Gasteiger charge is 2.16. The van der Waals surface area contributed by atoms with Gasteiger partial charge in [-0.3, -0.25) is 14.2 Å². The normalized spacial score (nSPS) is 11.1. The molecule has 0 saturated heterocycles. The summed E-state index contributed by atoms with van der Waals surface area (Å²) in [4.78, 5) is 31.7. The Labute approximate surface area is 170 Å². The molecule has 142 valence electrons. The minimum absolute atomic E-state index is 0.0751. The van der Waals surface area contributed by atoms with E-state index in [1.807, 2.05) is 55.8 Å². The van der Waals surface area contributed by atoms with Crippen molar-refractivity contribution in [2.45, 2.75) is 27.3 Å². The molecule has 0 aliphatic rings. The van der Waals surface area contributed by atoms with Crippen LogP contribution in [0.1, 0.15) is 16.7 Å². The molecule has 0 spiro atoms. The SMILES string of the molecule is Cc1cc(C)c(NC(=O)Cn2cnc3scc(-c4cccs4)c3c2=O)c(C)c1. The number of anilines is 1. The van der Waals surface area contributed by atoms with Crippen LogP contribution in [0.5, 0.6) is 0 Å². The highest BCUT2D eigenvalue weighted by molar-refractivity contribution is 7.18. The number of amides is 1. The van der Waals surface area contributed by atoms with Crippen molar-refractivity contribution in [1.29, 1.82) is 0 Å². The second-order valence-corrected chi connectivity index (χ2v) is 8.61. The van der Waals surface area contributed by atoms with E-state index >= 15 is 0 Å². The van der Waals surface area contributed by atoms with Crippen LogP contribution in [-0.2, 0) is 11.3 Å². The molecule has 0 fully saturated rings. The van der Waals surface area contributed by atoms with E-state index in [0.29, 0.717) is 10.2 Å². The van der Waals surface area contributed by atoms with Crippen LogP contribution in [0, 0.1) is 20.8 Å². The van der Waals surface area contributed by atoms with E-state index in [2.05, 4.69) is 10.3 Å². The first-order valence-electron chi connectivity index (χ1n) is 8.82. The third-order valence-electron chi connectivity index (χ3n) is 4.60. The molecule has 0 radical (unpaired) electrons. The van der Waals surface area contributed by atoms with Crippen LogP contribution in [-0.4, -0.2) is 15.5 Å². The molecule has 0 aliphatic heterocycles. The maximum Gasteiger partial charge on any atom is 0.263 e. The van der Waals surface area contributed by atoms with Crippen LogP contribution in [0.25, 0.3) is 20.7 Å². The van der Waals surface area contributed by atoms with E-state index in [1.54, 1.807) is 11.3 Å². The lowest BCUT2D eigenvalue weighted by molar-refractivity contribution is -0.116. The summed E-state index contributed by atoms with van der Waals surface area (Å²) in [5.41, 5.74) is 4.65. The number of nitrogens with zero attached hydrogens (tertiary/aromatic N) is 2. The van der Waals surface area contributed by atoms with Gasteiger partial charge < -0.3 is 5.32 Å². The molecular formula is C21H19N3O2S2. The third kappa shape index (κ3) is 3.39. The smallest absolute Gasteiger partial charge is 0.263 e. The fourth-order valence-corrected chi connectivity index (χ4v) is 5.13. The number of aryl methyl sites for hydroxylation is 3. The second-order valence-electron chi connectivity index (χ2n) is 6.81. The molecule has 0 unspecified atom stereocenters. The maximum atomic E-state index is 13.0. The fourth-order valence-electron chi connectivity index (χ4n) is 3.40. The molecule has 3 aromatic heterocycles. The number of hydrogen-bond acceptors (Lipinski definition) is 5. The Kier molecular flexibility index (Phi) is 4.87. The lowest BCUT2D eigenvalue weighted by Crippen LogP contribution is -2.28. The maximum absolute atomic E-state index is 13.0. The predicted molar refractivity (Wildman–Crippen MR) is 116 cm³/mol. The molecule has 3 heterocycles. The van der Waals surface area contributed by atoms with Crippen molar-refractivity contribution in [3.63, 3.8) is 0 Å². The van der Waals surface area contributed by atoms with Crippen molar-refractivity contribution in [2.24, 2.45) is 0 Å². The van der Waals surface area contributed by atoms with Crippen LogP contribution >= 0.6 is 22.7 Å². The first-order chi connectivity index (χ1) is 13.4. The molecule has 0 bridgehead atoms. The van der Waals surface area contributed by atoms with Gasteiger partial charge in [0.05, 0.1) is 11.7 Å². The van der Waals surface area contributed by atoms with Gasteiger partial charge in [-0.2, -0.15) is 0 Å². The van der Waals surface area contributed by atoms with Gasteiger partial charge in [0, 0.05) is 21.5 Å². The number of hydrogen-bond donors (Lipinski definition) is 1. The summed E-state index contributed by atoms with van der Waals surface area (Å²) in [6.45, 7) is 5.88. The number of nitrogens with one attached hydrogen (secondary N) is 1. The van der Waals surface area contributed by atoms with Gasteiger partial charge in [-0.25, -0.2) is 4.98 Å². The molecule has 7 heteroatoms. The molecule has 0 atom stereocenters. The minimum atomic E-state index is -0.244. The number of benzene rings is 1. The Bertz CT molecular complexity index is 1210. The largest absolute Gasteiger partial charge is 0.324 e. The van der Waals surface area contributed by atoms with Gasteiger partial charge in [0.1, 0.15) is 11.4 Å². The number of rotatable bonds is 4. The summed E-state index contributed by atoms with van der Waals surface area (Å²) >= 11 is 3.02. The standard InChI is InChI=1S/C21H19N3O2S2/c1-12-7-13(2)19(14(3)8-12)23-17(25)9-24-11-22-20-18(21(24)26)15(10-28-20)16-5-4-6-27-16/h4-8,10-11H,9H2,1-3H3,(H,23,25). The summed E-state index contributed by atoms with van der Waals surface area (Å²) in [7, 11) is 0. The second kappa shape index (κ2) is 7.33. The van der Waals surface area contributed by atoms with Crippen LogP contribution in [0.15, 0.2) is 46.1 Å². The Morgan fingerprint density at radius 3 is 2.61 bits per heavy atom. The molecule has 0 saturated carbocycles. The Morgan fingerprint density at radius 1 is 1.18 bits per heavy atom. The van der Waals surface area contributed by atoms with Crippen molar-refractivity contribution in [3.8, 4) is 10.4 Å². The van der Waals surface area contributed by atoms with Gasteiger partial charge in [-0.15, -0.1) is 22.7 Å². The number of thiophene rings is 2. The molecule has 0 aliphatic carbocycles. The van der Waals surface area contributed by atoms with Gasteiger partial charge in [0.2, 0.25) is 5.91 Å². The van der Waals surface area contributed by atoms with Crippen molar-refractivity contribution in [1.82, 2.24) is 9.55 Å². The molecule has 4 rings (SSSR count).